The number of hydrogen-bond acceptors (Lipinski definition) is 5. The van der Waals surface area contributed by atoms with Crippen molar-refractivity contribution in [3.8, 4) is 0 Å². The lowest BCUT2D eigenvalue weighted by Gasteiger charge is -2.37. The van der Waals surface area contributed by atoms with Crippen LogP contribution in [0.3, 0.4) is 0 Å². The Hall–Kier alpha value is -1.98. The number of rotatable bonds is 6. The van der Waals surface area contributed by atoms with Crippen LogP contribution in [0.25, 0.3) is 0 Å². The Kier molecular flexibility index (Phi) is 6.23. The number of aryl methyl sites for hydroxylation is 1. The molecule has 5 heteroatoms. The summed E-state index contributed by atoms with van der Waals surface area (Å²) in [6, 6.07) is 10.1. The normalized spacial score (nSPS) is 20.9. The van der Waals surface area contributed by atoms with Crippen LogP contribution in [0.5, 0.6) is 0 Å². The number of likely N-dealkylation sites (N-methyl/N-ethyl adjacent to an activating group) is 1. The first-order valence-electron chi connectivity index (χ1n) is 10.8. The van der Waals surface area contributed by atoms with Crippen LogP contribution >= 0.6 is 0 Å². The Morgan fingerprint density at radius 1 is 1.14 bits per heavy atom. The van der Waals surface area contributed by atoms with E-state index >= 15 is 0 Å². The smallest absolute Gasteiger partial charge is 0.135 e. The van der Waals surface area contributed by atoms with Crippen LogP contribution in [0.15, 0.2) is 36.8 Å². The minimum absolute atomic E-state index is 0.589. The SMILES string of the molecule is CCCc1cncnc1N1CCC(NC[C@H]2Cc3ccccc3CN2C)CC1. The molecule has 150 valence electrons. The van der Waals surface area contributed by atoms with Crippen molar-refractivity contribution in [3.63, 3.8) is 0 Å². The summed E-state index contributed by atoms with van der Waals surface area (Å²) in [6.45, 7) is 6.51. The molecule has 1 fully saturated rings. The van der Waals surface area contributed by atoms with Gasteiger partial charge in [0.25, 0.3) is 0 Å². The highest BCUT2D eigenvalue weighted by Gasteiger charge is 2.26. The summed E-state index contributed by atoms with van der Waals surface area (Å²) in [4.78, 5) is 13.8. The Bertz CT molecular complexity index is 769. The fourth-order valence-electron chi connectivity index (χ4n) is 4.63. The number of piperidine rings is 1. The van der Waals surface area contributed by atoms with Gasteiger partial charge in [-0.3, -0.25) is 4.90 Å². The lowest BCUT2D eigenvalue weighted by Crippen LogP contribution is -2.49. The Morgan fingerprint density at radius 3 is 2.71 bits per heavy atom. The lowest BCUT2D eigenvalue weighted by atomic mass is 9.94. The molecule has 0 unspecified atom stereocenters. The second-order valence-corrected chi connectivity index (χ2v) is 8.33. The van der Waals surface area contributed by atoms with Crippen molar-refractivity contribution < 1.29 is 0 Å². The van der Waals surface area contributed by atoms with E-state index in [0.717, 1.165) is 51.3 Å². The minimum atomic E-state index is 0.589. The number of benzene rings is 1. The van der Waals surface area contributed by atoms with Gasteiger partial charge >= 0.3 is 0 Å². The molecule has 1 saturated heterocycles. The van der Waals surface area contributed by atoms with Crippen LogP contribution in [0, 0.1) is 0 Å². The first kappa shape index (κ1) is 19.3. The molecule has 1 atom stereocenters. The van der Waals surface area contributed by atoms with Crippen molar-refractivity contribution in [3.05, 3.63) is 53.5 Å². The number of anilines is 1. The zero-order chi connectivity index (χ0) is 19.3. The third-order valence-corrected chi connectivity index (χ3v) is 6.34. The van der Waals surface area contributed by atoms with Crippen molar-refractivity contribution in [2.24, 2.45) is 0 Å². The molecule has 5 nitrogen and oxygen atoms in total. The minimum Gasteiger partial charge on any atom is -0.356 e. The Morgan fingerprint density at radius 2 is 1.93 bits per heavy atom. The van der Waals surface area contributed by atoms with E-state index in [0.29, 0.717) is 12.1 Å². The van der Waals surface area contributed by atoms with E-state index in [1.807, 2.05) is 6.20 Å². The monoisotopic (exact) mass is 379 g/mol. The zero-order valence-corrected chi connectivity index (χ0v) is 17.3. The largest absolute Gasteiger partial charge is 0.356 e. The van der Waals surface area contributed by atoms with E-state index in [1.165, 1.54) is 29.5 Å². The number of hydrogen-bond donors (Lipinski definition) is 1. The molecule has 0 amide bonds. The zero-order valence-electron chi connectivity index (χ0n) is 17.3. The molecular formula is C23H33N5. The third kappa shape index (κ3) is 4.36. The van der Waals surface area contributed by atoms with Gasteiger partial charge in [0, 0.05) is 50.0 Å². The molecule has 1 aromatic heterocycles. The first-order chi connectivity index (χ1) is 13.7. The second-order valence-electron chi connectivity index (χ2n) is 8.33. The first-order valence-corrected chi connectivity index (χ1v) is 10.8. The average molecular weight is 380 g/mol. The predicted octanol–water partition coefficient (Wildman–Crippen LogP) is 3.04. The Labute approximate surface area is 169 Å². The van der Waals surface area contributed by atoms with Gasteiger partial charge in [-0.15, -0.1) is 0 Å². The summed E-state index contributed by atoms with van der Waals surface area (Å²) in [7, 11) is 2.26. The van der Waals surface area contributed by atoms with Gasteiger partial charge in [0.05, 0.1) is 0 Å². The molecule has 0 bridgehead atoms. The molecule has 28 heavy (non-hydrogen) atoms. The van der Waals surface area contributed by atoms with Crippen LogP contribution in [0.1, 0.15) is 42.9 Å². The van der Waals surface area contributed by atoms with E-state index < -0.39 is 0 Å². The number of nitrogens with zero attached hydrogens (tertiary/aromatic N) is 4. The topological polar surface area (TPSA) is 44.3 Å². The Balaban J connectivity index is 1.29. The fraction of sp³-hybridized carbons (Fsp3) is 0.565. The highest BCUT2D eigenvalue weighted by atomic mass is 15.2. The van der Waals surface area contributed by atoms with Crippen LogP contribution in [0.4, 0.5) is 5.82 Å². The molecule has 1 N–H and O–H groups in total. The molecule has 0 radical (unpaired) electrons. The van der Waals surface area contributed by atoms with Crippen molar-refractivity contribution in [1.82, 2.24) is 20.2 Å². The lowest BCUT2D eigenvalue weighted by molar-refractivity contribution is 0.202. The highest BCUT2D eigenvalue weighted by molar-refractivity contribution is 5.46. The summed E-state index contributed by atoms with van der Waals surface area (Å²) in [5.74, 6) is 1.15. The maximum atomic E-state index is 4.58. The number of fused-ring (bicyclic) bond motifs is 1. The summed E-state index contributed by atoms with van der Waals surface area (Å²) >= 11 is 0. The van der Waals surface area contributed by atoms with Crippen LogP contribution < -0.4 is 10.2 Å². The molecular weight excluding hydrogens is 346 g/mol. The quantitative estimate of drug-likeness (QED) is 0.836. The third-order valence-electron chi connectivity index (χ3n) is 6.34. The molecule has 2 aliphatic rings. The van der Waals surface area contributed by atoms with Gasteiger partial charge in [-0.1, -0.05) is 37.6 Å². The molecule has 0 aliphatic carbocycles. The summed E-state index contributed by atoms with van der Waals surface area (Å²) in [5, 5.41) is 3.86. The summed E-state index contributed by atoms with van der Waals surface area (Å²) < 4.78 is 0. The molecule has 0 spiro atoms. The van der Waals surface area contributed by atoms with Crippen molar-refractivity contribution in [2.75, 3.05) is 31.6 Å². The van der Waals surface area contributed by atoms with Gasteiger partial charge in [0.15, 0.2) is 0 Å². The average Bonchev–Trinajstić information content (AvgIpc) is 2.73. The van der Waals surface area contributed by atoms with Gasteiger partial charge in [-0.2, -0.15) is 0 Å². The molecule has 1 aromatic carbocycles. The van der Waals surface area contributed by atoms with Crippen LogP contribution in [-0.2, 0) is 19.4 Å². The molecule has 0 saturated carbocycles. The summed E-state index contributed by atoms with van der Waals surface area (Å²) in [5.41, 5.74) is 4.30. The molecule has 3 heterocycles. The van der Waals surface area contributed by atoms with Gasteiger partial charge in [0.2, 0.25) is 0 Å². The molecule has 2 aliphatic heterocycles. The van der Waals surface area contributed by atoms with Crippen molar-refractivity contribution in [2.45, 2.75) is 57.7 Å². The van der Waals surface area contributed by atoms with E-state index in [-0.39, 0.29) is 0 Å². The maximum Gasteiger partial charge on any atom is 0.135 e. The van der Waals surface area contributed by atoms with Crippen molar-refractivity contribution in [1.29, 1.82) is 0 Å². The van der Waals surface area contributed by atoms with E-state index in [1.54, 1.807) is 6.33 Å². The van der Waals surface area contributed by atoms with Crippen LogP contribution in [0.2, 0.25) is 0 Å². The van der Waals surface area contributed by atoms with E-state index in [9.17, 15) is 0 Å². The molecule has 2 aromatic rings. The number of aromatic nitrogens is 2. The predicted molar refractivity (Wildman–Crippen MR) is 115 cm³/mol. The summed E-state index contributed by atoms with van der Waals surface area (Å²) in [6.07, 6.45) is 9.40. The second kappa shape index (κ2) is 9.01. The highest BCUT2D eigenvalue weighted by Crippen LogP contribution is 2.24. The van der Waals surface area contributed by atoms with Crippen molar-refractivity contribution >= 4 is 5.82 Å². The van der Waals surface area contributed by atoms with Gasteiger partial charge in [-0.25, -0.2) is 9.97 Å². The van der Waals surface area contributed by atoms with Crippen LogP contribution in [-0.4, -0.2) is 53.6 Å². The van der Waals surface area contributed by atoms with Gasteiger partial charge in [-0.05, 0) is 43.9 Å². The number of nitrogens with one attached hydrogen (secondary N) is 1. The maximum absolute atomic E-state index is 4.58. The molecule has 4 rings (SSSR count). The van der Waals surface area contributed by atoms with E-state index in [4.69, 9.17) is 0 Å². The fourth-order valence-corrected chi connectivity index (χ4v) is 4.63. The standard InChI is InChI=1S/C23H33N5/c1-3-6-19-14-24-17-26-23(19)28-11-9-21(10-12-28)25-15-22-13-18-7-4-5-8-20(18)16-27(22)2/h4-5,7-8,14,17,21-22,25H,3,6,9-13,15-16H2,1-2H3/t22-/m1/s1. The van der Waals surface area contributed by atoms with Gasteiger partial charge in [0.1, 0.15) is 12.1 Å². The van der Waals surface area contributed by atoms with Gasteiger partial charge < -0.3 is 10.2 Å². The van der Waals surface area contributed by atoms with E-state index in [2.05, 4.69) is 63.3 Å².